The fraction of sp³-hybridized carbons (Fsp3) is 0.500. The second-order valence-corrected chi connectivity index (χ2v) is 8.55. The topological polar surface area (TPSA) is 18.5 Å². The molecule has 3 heteroatoms. The Morgan fingerprint density at radius 3 is 1.84 bits per heavy atom. The van der Waals surface area contributed by atoms with Crippen LogP contribution in [0.1, 0.15) is 27.7 Å². The summed E-state index contributed by atoms with van der Waals surface area (Å²) in [5, 5.41) is 1.13. The third kappa shape index (κ3) is 4.94. The van der Waals surface area contributed by atoms with Crippen LogP contribution in [0, 0.1) is 11.8 Å². The Hall–Kier alpha value is -0.903. The van der Waals surface area contributed by atoms with Crippen molar-refractivity contribution in [1.82, 2.24) is 0 Å². The zero-order valence-corrected chi connectivity index (χ0v) is 13.6. The van der Waals surface area contributed by atoms with Crippen molar-refractivity contribution in [1.29, 1.82) is 0 Å². The van der Waals surface area contributed by atoms with E-state index in [0.29, 0.717) is 25.0 Å². The van der Waals surface area contributed by atoms with Gasteiger partial charge in [-0.3, -0.25) is 0 Å². The van der Waals surface area contributed by atoms with Crippen LogP contribution in [0.3, 0.4) is 0 Å². The van der Waals surface area contributed by atoms with Gasteiger partial charge in [0.15, 0.2) is 0 Å². The quantitative estimate of drug-likeness (QED) is 0.679. The molecule has 0 saturated carbocycles. The molecule has 0 bridgehead atoms. The highest BCUT2D eigenvalue weighted by Crippen LogP contribution is 2.13. The lowest BCUT2D eigenvalue weighted by atomic mass is 10.2. The molecule has 0 aliphatic heterocycles. The molecule has 0 radical (unpaired) electrons. The van der Waals surface area contributed by atoms with Gasteiger partial charge in [0.05, 0.1) is 0 Å². The molecule has 19 heavy (non-hydrogen) atoms. The largest absolute Gasteiger partial charge is 0.399 e. The van der Waals surface area contributed by atoms with Gasteiger partial charge in [-0.2, -0.15) is 0 Å². The first-order chi connectivity index (χ1) is 9.00. The minimum absolute atomic E-state index is 0.484. The maximum absolute atomic E-state index is 6.18. The van der Waals surface area contributed by atoms with Crippen LogP contribution in [0.25, 0.3) is 0 Å². The highest BCUT2D eigenvalue weighted by Gasteiger charge is 2.37. The third-order valence-electron chi connectivity index (χ3n) is 2.71. The summed E-state index contributed by atoms with van der Waals surface area (Å²) in [5.41, 5.74) is 1.90. The van der Waals surface area contributed by atoms with Crippen LogP contribution < -0.4 is 5.19 Å². The maximum Gasteiger partial charge on any atom is 0.399 e. The molecule has 1 aromatic rings. The Labute approximate surface area is 118 Å². The zero-order chi connectivity index (χ0) is 14.3. The van der Waals surface area contributed by atoms with Gasteiger partial charge < -0.3 is 8.85 Å². The SMILES string of the molecule is C=C[Si](OCC(C)C)(OCC(C)C)c1ccccc1. The second kappa shape index (κ2) is 7.63. The number of hydrogen-bond acceptors (Lipinski definition) is 2. The lowest BCUT2D eigenvalue weighted by molar-refractivity contribution is 0.157. The van der Waals surface area contributed by atoms with Crippen molar-refractivity contribution in [2.24, 2.45) is 11.8 Å². The van der Waals surface area contributed by atoms with E-state index in [-0.39, 0.29) is 0 Å². The molecular formula is C16H26O2Si. The van der Waals surface area contributed by atoms with Gasteiger partial charge in [-0.1, -0.05) is 58.0 Å². The van der Waals surface area contributed by atoms with Crippen LogP contribution in [-0.2, 0) is 8.85 Å². The molecule has 0 aliphatic rings. The van der Waals surface area contributed by atoms with Gasteiger partial charge >= 0.3 is 8.56 Å². The summed E-state index contributed by atoms with van der Waals surface area (Å²) in [6.45, 7) is 14.0. The van der Waals surface area contributed by atoms with Gasteiger partial charge in [-0.05, 0) is 22.7 Å². The molecule has 1 aromatic carbocycles. The summed E-state index contributed by atoms with van der Waals surface area (Å²) in [5.74, 6) is 0.969. The number of rotatable bonds is 8. The lowest BCUT2D eigenvalue weighted by Gasteiger charge is -2.29. The molecule has 0 aromatic heterocycles. The highest BCUT2D eigenvalue weighted by atomic mass is 28.4. The Bertz CT molecular complexity index is 362. The van der Waals surface area contributed by atoms with Crippen LogP contribution in [0.4, 0.5) is 0 Å². The van der Waals surface area contributed by atoms with Crippen molar-refractivity contribution in [3.05, 3.63) is 42.6 Å². The number of benzene rings is 1. The molecular weight excluding hydrogens is 252 g/mol. The van der Waals surface area contributed by atoms with E-state index in [4.69, 9.17) is 8.85 Å². The fourth-order valence-corrected chi connectivity index (χ4v) is 4.40. The zero-order valence-electron chi connectivity index (χ0n) is 12.6. The molecule has 0 unspecified atom stereocenters. The number of hydrogen-bond donors (Lipinski definition) is 0. The van der Waals surface area contributed by atoms with E-state index in [1.807, 2.05) is 23.9 Å². The predicted molar refractivity (Wildman–Crippen MR) is 83.6 cm³/mol. The van der Waals surface area contributed by atoms with Gasteiger partial charge in [0, 0.05) is 13.2 Å². The molecule has 0 fully saturated rings. The first-order valence-electron chi connectivity index (χ1n) is 6.97. The summed E-state index contributed by atoms with van der Waals surface area (Å²) < 4.78 is 12.4. The van der Waals surface area contributed by atoms with Crippen LogP contribution in [0.15, 0.2) is 42.6 Å². The van der Waals surface area contributed by atoms with Crippen molar-refractivity contribution >= 4 is 13.7 Å². The highest BCUT2D eigenvalue weighted by molar-refractivity contribution is 6.85. The van der Waals surface area contributed by atoms with Crippen molar-refractivity contribution in [3.8, 4) is 0 Å². The predicted octanol–water partition coefficient (Wildman–Crippen LogP) is 3.41. The molecule has 0 aliphatic carbocycles. The lowest BCUT2D eigenvalue weighted by Crippen LogP contribution is -2.53. The van der Waals surface area contributed by atoms with Gasteiger partial charge in [0.1, 0.15) is 0 Å². The molecule has 0 heterocycles. The Morgan fingerprint density at radius 2 is 1.47 bits per heavy atom. The van der Waals surface area contributed by atoms with Crippen molar-refractivity contribution in [2.75, 3.05) is 13.2 Å². The molecule has 0 saturated heterocycles. The first-order valence-corrected chi connectivity index (χ1v) is 8.86. The van der Waals surface area contributed by atoms with E-state index in [1.54, 1.807) is 0 Å². The summed E-state index contributed by atoms with van der Waals surface area (Å²) >= 11 is 0. The third-order valence-corrected chi connectivity index (χ3v) is 5.57. The summed E-state index contributed by atoms with van der Waals surface area (Å²) in [6, 6.07) is 10.2. The van der Waals surface area contributed by atoms with Crippen molar-refractivity contribution in [3.63, 3.8) is 0 Å². The van der Waals surface area contributed by atoms with Gasteiger partial charge in [0.25, 0.3) is 0 Å². The van der Waals surface area contributed by atoms with Gasteiger partial charge in [-0.15, -0.1) is 6.58 Å². The maximum atomic E-state index is 6.18. The van der Waals surface area contributed by atoms with E-state index >= 15 is 0 Å². The minimum atomic E-state index is -2.51. The smallest absolute Gasteiger partial charge is 0.388 e. The summed E-state index contributed by atoms with van der Waals surface area (Å²) in [7, 11) is -2.51. The van der Waals surface area contributed by atoms with E-state index in [2.05, 4.69) is 46.4 Å². The average Bonchev–Trinajstić information content (AvgIpc) is 2.40. The molecule has 2 nitrogen and oxygen atoms in total. The van der Waals surface area contributed by atoms with Crippen LogP contribution in [-0.4, -0.2) is 21.8 Å². The second-order valence-electron chi connectivity index (χ2n) is 5.65. The Balaban J connectivity index is 2.95. The normalized spacial score (nSPS) is 12.1. The summed E-state index contributed by atoms with van der Waals surface area (Å²) in [4.78, 5) is 0. The molecule has 106 valence electrons. The van der Waals surface area contributed by atoms with Crippen LogP contribution >= 0.6 is 0 Å². The molecule has 1 rings (SSSR count). The molecule has 0 atom stereocenters. The van der Waals surface area contributed by atoms with Crippen molar-refractivity contribution < 1.29 is 8.85 Å². The monoisotopic (exact) mass is 278 g/mol. The van der Waals surface area contributed by atoms with E-state index in [0.717, 1.165) is 5.19 Å². The van der Waals surface area contributed by atoms with E-state index in [1.165, 1.54) is 0 Å². The molecule has 0 spiro atoms. The average molecular weight is 278 g/mol. The van der Waals surface area contributed by atoms with Gasteiger partial charge in [-0.25, -0.2) is 0 Å². The Kier molecular flexibility index (Phi) is 6.49. The molecule has 0 N–H and O–H groups in total. The van der Waals surface area contributed by atoms with Crippen molar-refractivity contribution in [2.45, 2.75) is 27.7 Å². The minimum Gasteiger partial charge on any atom is -0.388 e. The van der Waals surface area contributed by atoms with Crippen LogP contribution in [0.5, 0.6) is 0 Å². The van der Waals surface area contributed by atoms with E-state index < -0.39 is 8.56 Å². The molecule has 0 amide bonds. The fourth-order valence-electron chi connectivity index (χ4n) is 1.70. The summed E-state index contributed by atoms with van der Waals surface area (Å²) in [6.07, 6.45) is 0. The Morgan fingerprint density at radius 1 is 1.00 bits per heavy atom. The van der Waals surface area contributed by atoms with Gasteiger partial charge in [0.2, 0.25) is 0 Å². The standard InChI is InChI=1S/C16H26O2Si/c1-6-19(17-12-14(2)3,18-13-15(4)5)16-10-8-7-9-11-16/h6-11,14-15H,1,12-13H2,2-5H3. The van der Waals surface area contributed by atoms with Crippen LogP contribution in [0.2, 0.25) is 0 Å². The van der Waals surface area contributed by atoms with E-state index in [9.17, 15) is 0 Å². The first kappa shape index (κ1) is 16.2.